The monoisotopic (exact) mass is 311 g/mol. The fraction of sp³-hybridized carbons (Fsp3) is 0.333. The number of anilines is 1. The molecule has 1 amide bonds. The van der Waals surface area contributed by atoms with E-state index >= 15 is 0 Å². The van der Waals surface area contributed by atoms with Crippen molar-refractivity contribution in [3.05, 3.63) is 36.0 Å². The van der Waals surface area contributed by atoms with Crippen LogP contribution in [0, 0.1) is 19.3 Å². The third-order valence-electron chi connectivity index (χ3n) is 4.43. The van der Waals surface area contributed by atoms with Crippen LogP contribution in [-0.2, 0) is 4.79 Å². The summed E-state index contributed by atoms with van der Waals surface area (Å²) in [5.74, 6) is 0.864. The van der Waals surface area contributed by atoms with Gasteiger partial charge in [-0.2, -0.15) is 0 Å². The van der Waals surface area contributed by atoms with Crippen LogP contribution in [0.2, 0.25) is 0 Å². The quantitative estimate of drug-likeness (QED) is 0.905. The zero-order chi connectivity index (χ0) is 16.0. The molecule has 1 aliphatic carbocycles. The molecule has 2 aromatic heterocycles. The SMILES string of the molecule is Cc1c(C2=CC(C)N=C[CH]2)[nH]c2cc(NC(=O)C3CC3)ncc12.[HH].[HH]. The maximum Gasteiger partial charge on any atom is 0.228 e. The molecule has 1 radical (unpaired) electrons. The maximum atomic E-state index is 11.9. The van der Waals surface area contributed by atoms with Crippen molar-refractivity contribution in [1.82, 2.24) is 9.97 Å². The van der Waals surface area contributed by atoms with E-state index in [1.165, 1.54) is 0 Å². The Hall–Kier alpha value is -2.43. The van der Waals surface area contributed by atoms with Crippen LogP contribution in [0.15, 0.2) is 23.3 Å². The molecule has 2 aromatic rings. The number of allylic oxidation sites excluding steroid dienone is 1. The van der Waals surface area contributed by atoms with Crippen molar-refractivity contribution in [2.75, 3.05) is 5.32 Å². The van der Waals surface area contributed by atoms with Crippen molar-refractivity contribution >= 4 is 34.4 Å². The first-order valence-electron chi connectivity index (χ1n) is 7.99. The highest BCUT2D eigenvalue weighted by atomic mass is 16.2. The summed E-state index contributed by atoms with van der Waals surface area (Å²) >= 11 is 0. The number of carbonyl (C=O) groups is 1. The molecule has 1 saturated carbocycles. The predicted octanol–water partition coefficient (Wildman–Crippen LogP) is 3.77. The molecule has 5 heteroatoms. The molecule has 0 saturated heterocycles. The number of aromatic nitrogens is 2. The van der Waals surface area contributed by atoms with E-state index in [9.17, 15) is 4.79 Å². The van der Waals surface area contributed by atoms with Crippen LogP contribution in [-0.4, -0.2) is 28.1 Å². The summed E-state index contributed by atoms with van der Waals surface area (Å²) in [6.45, 7) is 4.15. The lowest BCUT2D eigenvalue weighted by atomic mass is 10.0. The summed E-state index contributed by atoms with van der Waals surface area (Å²) in [5, 5.41) is 3.98. The number of carbonyl (C=O) groups excluding carboxylic acids is 1. The summed E-state index contributed by atoms with van der Waals surface area (Å²) < 4.78 is 0. The smallest absolute Gasteiger partial charge is 0.228 e. The summed E-state index contributed by atoms with van der Waals surface area (Å²) in [6.07, 6.45) is 9.81. The molecule has 121 valence electrons. The van der Waals surface area contributed by atoms with Crippen molar-refractivity contribution in [3.8, 4) is 0 Å². The minimum Gasteiger partial charge on any atom is -0.354 e. The zero-order valence-electron chi connectivity index (χ0n) is 13.3. The van der Waals surface area contributed by atoms with Gasteiger partial charge in [-0.25, -0.2) is 4.98 Å². The van der Waals surface area contributed by atoms with Crippen molar-refractivity contribution in [2.24, 2.45) is 10.9 Å². The summed E-state index contributed by atoms with van der Waals surface area (Å²) in [6, 6.07) is 2.10. The third kappa shape index (κ3) is 2.67. The number of aliphatic imine (C=N–C) groups is 1. The second kappa shape index (κ2) is 5.33. The fourth-order valence-electron chi connectivity index (χ4n) is 2.94. The fourth-order valence-corrected chi connectivity index (χ4v) is 2.94. The second-order valence-electron chi connectivity index (χ2n) is 6.33. The van der Waals surface area contributed by atoms with Gasteiger partial charge in [0.2, 0.25) is 5.91 Å². The minimum absolute atomic E-state index is 0. The van der Waals surface area contributed by atoms with E-state index in [0.717, 1.165) is 40.6 Å². The highest BCUT2D eigenvalue weighted by Crippen LogP contribution is 2.32. The van der Waals surface area contributed by atoms with Gasteiger partial charge in [0.15, 0.2) is 0 Å². The minimum atomic E-state index is 0. The first kappa shape index (κ1) is 14.2. The number of hydrogen-bond donors (Lipinski definition) is 2. The van der Waals surface area contributed by atoms with E-state index in [4.69, 9.17) is 0 Å². The average molecular weight is 311 g/mol. The highest BCUT2D eigenvalue weighted by molar-refractivity contribution is 5.99. The molecular weight excluding hydrogens is 288 g/mol. The maximum absolute atomic E-state index is 11.9. The number of nitrogens with zero attached hydrogens (tertiary/aromatic N) is 2. The Kier molecular flexibility index (Phi) is 3.29. The van der Waals surface area contributed by atoms with Crippen molar-refractivity contribution in [1.29, 1.82) is 0 Å². The first-order valence-corrected chi connectivity index (χ1v) is 7.99. The lowest BCUT2D eigenvalue weighted by Gasteiger charge is -2.11. The Morgan fingerprint density at radius 2 is 2.26 bits per heavy atom. The lowest BCUT2D eigenvalue weighted by molar-refractivity contribution is -0.117. The van der Waals surface area contributed by atoms with Gasteiger partial charge in [-0.3, -0.25) is 9.79 Å². The number of aryl methyl sites for hydroxylation is 1. The number of H-pyrrole nitrogens is 1. The van der Waals surface area contributed by atoms with Crippen molar-refractivity contribution in [3.63, 3.8) is 0 Å². The highest BCUT2D eigenvalue weighted by Gasteiger charge is 2.29. The molecule has 0 spiro atoms. The van der Waals surface area contributed by atoms with E-state index in [1.807, 2.05) is 24.9 Å². The Morgan fingerprint density at radius 1 is 1.43 bits per heavy atom. The number of dihydropyridines is 1. The van der Waals surface area contributed by atoms with E-state index in [1.54, 1.807) is 0 Å². The molecule has 5 nitrogen and oxygen atoms in total. The van der Waals surface area contributed by atoms with Gasteiger partial charge in [0, 0.05) is 44.7 Å². The van der Waals surface area contributed by atoms with Gasteiger partial charge in [-0.1, -0.05) is 6.08 Å². The summed E-state index contributed by atoms with van der Waals surface area (Å²) in [7, 11) is 0. The van der Waals surface area contributed by atoms with Crippen LogP contribution in [0.1, 0.15) is 33.9 Å². The van der Waals surface area contributed by atoms with Gasteiger partial charge in [-0.05, 0) is 37.8 Å². The number of fused-ring (bicyclic) bond motifs is 1. The average Bonchev–Trinajstić information content (AvgIpc) is 3.33. The van der Waals surface area contributed by atoms with Crippen LogP contribution in [0.25, 0.3) is 16.5 Å². The molecule has 1 fully saturated rings. The molecule has 1 unspecified atom stereocenters. The van der Waals surface area contributed by atoms with E-state index in [0.29, 0.717) is 5.82 Å². The molecule has 1 aliphatic heterocycles. The summed E-state index contributed by atoms with van der Waals surface area (Å²) in [4.78, 5) is 24.0. The number of pyridine rings is 1. The van der Waals surface area contributed by atoms with Gasteiger partial charge in [0.05, 0.1) is 11.6 Å². The molecular formula is C18H23N4O. The zero-order valence-corrected chi connectivity index (χ0v) is 13.3. The summed E-state index contributed by atoms with van der Waals surface area (Å²) in [5.41, 5.74) is 4.39. The van der Waals surface area contributed by atoms with Gasteiger partial charge in [-0.15, -0.1) is 0 Å². The molecule has 23 heavy (non-hydrogen) atoms. The lowest BCUT2D eigenvalue weighted by Crippen LogP contribution is -2.14. The van der Waals surface area contributed by atoms with Crippen LogP contribution in [0.5, 0.6) is 0 Å². The Morgan fingerprint density at radius 3 is 3.00 bits per heavy atom. The Labute approximate surface area is 137 Å². The predicted molar refractivity (Wildman–Crippen MR) is 96.6 cm³/mol. The standard InChI is InChI=1S/C18H19N4O.2H2/c1-10-7-13(5-6-19-10)17-11(2)14-9-20-16(8-15(14)21-17)22-18(23)12-3-4-12;;/h5-10,12,21H,3-4H2,1-2H3,(H,20,22,23);2*1H. The van der Waals surface area contributed by atoms with Gasteiger partial charge in [0.1, 0.15) is 5.82 Å². The van der Waals surface area contributed by atoms with E-state index in [-0.39, 0.29) is 20.7 Å². The number of amides is 1. The Balaban J connectivity index is 0.00000113. The second-order valence-corrected chi connectivity index (χ2v) is 6.33. The van der Waals surface area contributed by atoms with Crippen LogP contribution in [0.4, 0.5) is 5.82 Å². The van der Waals surface area contributed by atoms with Crippen molar-refractivity contribution in [2.45, 2.75) is 32.7 Å². The number of rotatable bonds is 3. The molecule has 4 rings (SSSR count). The third-order valence-corrected chi connectivity index (χ3v) is 4.43. The first-order chi connectivity index (χ1) is 11.1. The van der Waals surface area contributed by atoms with Crippen LogP contribution < -0.4 is 5.32 Å². The largest absolute Gasteiger partial charge is 0.354 e. The molecule has 3 heterocycles. The van der Waals surface area contributed by atoms with Crippen LogP contribution in [0.3, 0.4) is 0 Å². The number of aromatic amines is 1. The van der Waals surface area contributed by atoms with Crippen molar-refractivity contribution < 1.29 is 7.65 Å². The number of hydrogen-bond acceptors (Lipinski definition) is 3. The van der Waals surface area contributed by atoms with E-state index < -0.39 is 0 Å². The van der Waals surface area contributed by atoms with Crippen LogP contribution >= 0.6 is 0 Å². The molecule has 2 N–H and O–H groups in total. The van der Waals surface area contributed by atoms with Gasteiger partial charge < -0.3 is 10.3 Å². The van der Waals surface area contributed by atoms with Gasteiger partial charge in [0.25, 0.3) is 0 Å². The topological polar surface area (TPSA) is 70.1 Å². The molecule has 1 atom stereocenters. The molecule has 0 aromatic carbocycles. The molecule has 0 bridgehead atoms. The van der Waals surface area contributed by atoms with E-state index in [2.05, 4.69) is 40.2 Å². The van der Waals surface area contributed by atoms with Gasteiger partial charge >= 0.3 is 0 Å². The number of nitrogens with one attached hydrogen (secondary N) is 2. The molecule has 2 aliphatic rings. The normalized spacial score (nSPS) is 20.6. The Bertz CT molecular complexity index is 852.